The Bertz CT molecular complexity index is 1730. The molecule has 0 aliphatic carbocycles. The van der Waals surface area contributed by atoms with Crippen LogP contribution in [0.2, 0.25) is 10.0 Å². The number of aromatic nitrogens is 2. The number of halogens is 3. The maximum absolute atomic E-state index is 15.2. The van der Waals surface area contributed by atoms with Crippen LogP contribution in [0.4, 0.5) is 10.1 Å². The Labute approximate surface area is 269 Å². The number of aliphatic carboxylic acids is 1. The van der Waals surface area contributed by atoms with E-state index in [9.17, 15) is 9.59 Å². The summed E-state index contributed by atoms with van der Waals surface area (Å²) in [6.45, 7) is 0.854. The van der Waals surface area contributed by atoms with Crippen LogP contribution in [0.5, 0.6) is 5.75 Å². The van der Waals surface area contributed by atoms with Gasteiger partial charge in [0.15, 0.2) is 5.69 Å². The number of aliphatic hydroxyl groups excluding tert-OH is 1. The third-order valence-electron chi connectivity index (χ3n) is 7.57. The van der Waals surface area contributed by atoms with Crippen LogP contribution in [-0.2, 0) is 17.9 Å². The summed E-state index contributed by atoms with van der Waals surface area (Å²) in [7, 11) is 1.46. The second-order valence-electron chi connectivity index (χ2n) is 10.5. The van der Waals surface area contributed by atoms with Gasteiger partial charge in [0.05, 0.1) is 41.7 Å². The summed E-state index contributed by atoms with van der Waals surface area (Å²) in [5, 5.41) is 31.9. The Morgan fingerprint density at radius 1 is 1.09 bits per heavy atom. The van der Waals surface area contributed by atoms with Gasteiger partial charge in [0, 0.05) is 47.9 Å². The van der Waals surface area contributed by atoms with Crippen LogP contribution in [0.25, 0.3) is 22.3 Å². The molecule has 13 heteroatoms. The van der Waals surface area contributed by atoms with Crippen molar-refractivity contribution in [1.82, 2.24) is 20.4 Å². The first-order valence-electron chi connectivity index (χ1n) is 14.3. The highest BCUT2D eigenvalue weighted by Gasteiger charge is 2.25. The molecule has 10 nitrogen and oxygen atoms in total. The number of anilines is 1. The van der Waals surface area contributed by atoms with E-state index in [1.54, 1.807) is 53.2 Å². The van der Waals surface area contributed by atoms with Gasteiger partial charge in [-0.15, -0.1) is 0 Å². The molecule has 3 aromatic carbocycles. The zero-order chi connectivity index (χ0) is 32.1. The summed E-state index contributed by atoms with van der Waals surface area (Å²) in [5.74, 6) is -1.57. The van der Waals surface area contributed by atoms with E-state index < -0.39 is 17.7 Å². The highest BCUT2D eigenvalue weighted by Crippen LogP contribution is 2.42. The van der Waals surface area contributed by atoms with Crippen molar-refractivity contribution in [3.63, 3.8) is 0 Å². The maximum Gasteiger partial charge on any atom is 0.317 e. The molecule has 1 unspecified atom stereocenters. The molecular formula is C32H32Cl2FN5O5. The standard InChI is InChI=1S/C32H32Cl2FN5O5/c1-45-28-14-18(13-23(35)22(28)16-36-10-12-41)19-5-2-6-20(30(19)33)21-7-3-8-25(31(21)34)38-32(44)26-15-27-24(37-17-29(42)43)9-4-11-40(27)39-26/h2-3,5-8,13-15,24,36-37,41H,4,9-12,16-17H2,1H3,(H,38,44)(H,42,43). The number of carboxylic acid groups (broad SMARTS) is 1. The molecule has 45 heavy (non-hydrogen) atoms. The van der Waals surface area contributed by atoms with Gasteiger partial charge >= 0.3 is 5.97 Å². The predicted molar refractivity (Wildman–Crippen MR) is 170 cm³/mol. The zero-order valence-corrected chi connectivity index (χ0v) is 25.9. The molecule has 5 N–H and O–H groups in total. The number of carbonyl (C=O) groups is 2. The van der Waals surface area contributed by atoms with Gasteiger partial charge in [0.1, 0.15) is 11.6 Å². The van der Waals surface area contributed by atoms with E-state index in [0.717, 1.165) is 18.5 Å². The molecule has 1 amide bonds. The highest BCUT2D eigenvalue weighted by atomic mass is 35.5. The van der Waals surface area contributed by atoms with E-state index >= 15 is 4.39 Å². The van der Waals surface area contributed by atoms with E-state index in [4.69, 9.17) is 38.2 Å². The Morgan fingerprint density at radius 3 is 2.56 bits per heavy atom. The molecule has 0 radical (unpaired) electrons. The average molecular weight is 657 g/mol. The minimum absolute atomic E-state index is 0.0719. The van der Waals surface area contributed by atoms with Crippen LogP contribution in [0.3, 0.4) is 0 Å². The Morgan fingerprint density at radius 2 is 1.82 bits per heavy atom. The molecule has 4 aromatic rings. The van der Waals surface area contributed by atoms with E-state index in [-0.39, 0.29) is 36.5 Å². The van der Waals surface area contributed by atoms with Crippen LogP contribution >= 0.6 is 23.2 Å². The number of benzene rings is 3. The molecule has 1 aliphatic rings. The van der Waals surface area contributed by atoms with Gasteiger partial charge in [-0.05, 0) is 42.7 Å². The van der Waals surface area contributed by atoms with Gasteiger partial charge in [0.2, 0.25) is 0 Å². The van der Waals surface area contributed by atoms with Crippen molar-refractivity contribution in [3.8, 4) is 28.0 Å². The summed E-state index contributed by atoms with van der Waals surface area (Å²) in [5.41, 5.74) is 3.80. The number of aryl methyl sites for hydroxylation is 1. The number of nitrogens with zero attached hydrogens (tertiary/aromatic N) is 2. The van der Waals surface area contributed by atoms with Gasteiger partial charge in [-0.25, -0.2) is 4.39 Å². The molecule has 1 aliphatic heterocycles. The highest BCUT2D eigenvalue weighted by molar-refractivity contribution is 6.39. The third kappa shape index (κ3) is 7.13. The number of fused-ring (bicyclic) bond motifs is 1. The molecule has 1 atom stereocenters. The number of aliphatic hydroxyl groups is 1. The van der Waals surface area contributed by atoms with Gasteiger partial charge in [-0.1, -0.05) is 53.5 Å². The molecule has 0 bridgehead atoms. The van der Waals surface area contributed by atoms with Crippen molar-refractivity contribution in [2.75, 3.05) is 32.1 Å². The van der Waals surface area contributed by atoms with Crippen molar-refractivity contribution in [2.45, 2.75) is 32.0 Å². The number of hydrogen-bond donors (Lipinski definition) is 5. The quantitative estimate of drug-likeness (QED) is 0.126. The molecule has 0 saturated carbocycles. The Hall–Kier alpha value is -4.00. The second kappa shape index (κ2) is 14.4. The van der Waals surface area contributed by atoms with Gasteiger partial charge in [-0.2, -0.15) is 5.10 Å². The van der Waals surface area contributed by atoms with Crippen LogP contribution in [-0.4, -0.2) is 58.7 Å². The fraction of sp³-hybridized carbons (Fsp3) is 0.281. The third-order valence-corrected chi connectivity index (χ3v) is 8.39. The number of rotatable bonds is 12. The Kier molecular flexibility index (Phi) is 10.4. The average Bonchev–Trinajstić information content (AvgIpc) is 3.47. The number of amides is 1. The monoisotopic (exact) mass is 655 g/mol. The summed E-state index contributed by atoms with van der Waals surface area (Å²) in [4.78, 5) is 24.3. The fourth-order valence-electron chi connectivity index (χ4n) is 5.41. The van der Waals surface area contributed by atoms with E-state index in [0.29, 0.717) is 57.4 Å². The first-order chi connectivity index (χ1) is 21.7. The minimum atomic E-state index is -0.961. The van der Waals surface area contributed by atoms with E-state index in [2.05, 4.69) is 21.0 Å². The van der Waals surface area contributed by atoms with E-state index in [1.165, 1.54) is 13.2 Å². The molecule has 0 spiro atoms. The number of nitrogens with one attached hydrogen (secondary N) is 3. The number of ether oxygens (including phenoxy) is 1. The van der Waals surface area contributed by atoms with Crippen LogP contribution in [0.15, 0.2) is 54.6 Å². The van der Waals surface area contributed by atoms with Crippen LogP contribution in [0.1, 0.15) is 40.6 Å². The fourth-order valence-corrected chi connectivity index (χ4v) is 6.02. The van der Waals surface area contributed by atoms with Crippen molar-refractivity contribution in [3.05, 3.63) is 87.4 Å². The molecule has 0 saturated heterocycles. The molecular weight excluding hydrogens is 624 g/mol. The van der Waals surface area contributed by atoms with Gasteiger partial charge in [0.25, 0.3) is 5.91 Å². The molecule has 0 fully saturated rings. The van der Waals surface area contributed by atoms with E-state index in [1.807, 2.05) is 0 Å². The van der Waals surface area contributed by atoms with Gasteiger partial charge in [-0.3, -0.25) is 19.6 Å². The van der Waals surface area contributed by atoms with Crippen LogP contribution in [0, 0.1) is 5.82 Å². The lowest BCUT2D eigenvalue weighted by molar-refractivity contribution is -0.136. The van der Waals surface area contributed by atoms with Crippen LogP contribution < -0.4 is 20.7 Å². The second-order valence-corrected chi connectivity index (χ2v) is 11.2. The number of methoxy groups -OCH3 is 1. The number of carboxylic acids is 1. The topological polar surface area (TPSA) is 138 Å². The zero-order valence-electron chi connectivity index (χ0n) is 24.4. The molecule has 2 heterocycles. The first kappa shape index (κ1) is 32.4. The van der Waals surface area contributed by atoms with Gasteiger partial charge < -0.3 is 25.6 Å². The minimum Gasteiger partial charge on any atom is -0.496 e. The summed E-state index contributed by atoms with van der Waals surface area (Å²) in [6.07, 6.45) is 1.53. The van der Waals surface area contributed by atoms with Crippen molar-refractivity contribution >= 4 is 40.8 Å². The van der Waals surface area contributed by atoms with Crippen molar-refractivity contribution in [2.24, 2.45) is 0 Å². The molecule has 1 aromatic heterocycles. The largest absolute Gasteiger partial charge is 0.496 e. The normalized spacial score (nSPS) is 14.2. The maximum atomic E-state index is 15.2. The SMILES string of the molecule is COc1cc(-c2cccc(-c3cccc(NC(=O)c4cc5n(n4)CCCC5NCC(=O)O)c3Cl)c2Cl)cc(F)c1CNCCO. The smallest absolute Gasteiger partial charge is 0.317 e. The summed E-state index contributed by atoms with van der Waals surface area (Å²) < 4.78 is 22.4. The Balaban J connectivity index is 1.41. The summed E-state index contributed by atoms with van der Waals surface area (Å²) in [6, 6.07) is 15.0. The first-order valence-corrected chi connectivity index (χ1v) is 15.1. The summed E-state index contributed by atoms with van der Waals surface area (Å²) >= 11 is 13.7. The predicted octanol–water partition coefficient (Wildman–Crippen LogP) is 5.51. The number of hydrogen-bond acceptors (Lipinski definition) is 7. The molecule has 5 rings (SSSR count). The van der Waals surface area contributed by atoms with Crippen molar-refractivity contribution < 1.29 is 28.9 Å². The lowest BCUT2D eigenvalue weighted by Crippen LogP contribution is -2.31. The number of carbonyl (C=O) groups excluding carboxylic acids is 1. The lowest BCUT2D eigenvalue weighted by Gasteiger charge is -2.23. The molecule has 236 valence electrons. The lowest BCUT2D eigenvalue weighted by atomic mass is 9.97. The van der Waals surface area contributed by atoms with Crippen molar-refractivity contribution in [1.29, 1.82) is 0 Å².